The van der Waals surface area contributed by atoms with E-state index in [1.807, 2.05) is 6.92 Å². The van der Waals surface area contributed by atoms with Crippen molar-refractivity contribution in [2.45, 2.75) is 6.92 Å². The van der Waals surface area contributed by atoms with Crippen LogP contribution in [0.25, 0.3) is 0 Å². The van der Waals surface area contributed by atoms with Crippen LogP contribution in [0.3, 0.4) is 0 Å². The van der Waals surface area contributed by atoms with Crippen LogP contribution in [0.1, 0.15) is 15.9 Å². The lowest BCUT2D eigenvalue weighted by Gasteiger charge is -2.09. The lowest BCUT2D eigenvalue weighted by atomic mass is 10.2. The van der Waals surface area contributed by atoms with Gasteiger partial charge >= 0.3 is 0 Å². The van der Waals surface area contributed by atoms with Crippen molar-refractivity contribution in [3.63, 3.8) is 0 Å². The van der Waals surface area contributed by atoms with Gasteiger partial charge in [0.25, 0.3) is 5.91 Å². The van der Waals surface area contributed by atoms with Crippen molar-refractivity contribution in [2.24, 2.45) is 0 Å². The summed E-state index contributed by atoms with van der Waals surface area (Å²) < 4.78 is 39.8. The quantitative estimate of drug-likeness (QED) is 0.623. The minimum absolute atomic E-state index is 0.0116. The van der Waals surface area contributed by atoms with Gasteiger partial charge in [0.1, 0.15) is 0 Å². The maximum absolute atomic E-state index is 13.6. The molecule has 0 saturated heterocycles. The second kappa shape index (κ2) is 7.63. The van der Waals surface area contributed by atoms with Crippen molar-refractivity contribution in [3.8, 4) is 0 Å². The first-order valence-corrected chi connectivity index (χ1v) is 8.03. The number of benzene rings is 2. The highest BCUT2D eigenvalue weighted by molar-refractivity contribution is 6.30. The average Bonchev–Trinajstić information content (AvgIpc) is 2.65. The van der Waals surface area contributed by atoms with Gasteiger partial charge in [0, 0.05) is 23.1 Å². The zero-order chi connectivity index (χ0) is 19.6. The molecular formula is C18H12ClF3N4O. The Morgan fingerprint density at radius 3 is 2.33 bits per heavy atom. The Morgan fingerprint density at radius 2 is 1.67 bits per heavy atom. The van der Waals surface area contributed by atoms with Crippen LogP contribution in [0, 0.1) is 24.4 Å². The number of nitrogens with zero attached hydrogens (tertiary/aromatic N) is 2. The molecule has 0 saturated carbocycles. The van der Waals surface area contributed by atoms with E-state index in [9.17, 15) is 18.0 Å². The summed E-state index contributed by atoms with van der Waals surface area (Å²) in [6, 6.07) is 6.86. The van der Waals surface area contributed by atoms with Crippen LogP contribution in [0.15, 0.2) is 42.7 Å². The van der Waals surface area contributed by atoms with Crippen LogP contribution in [0.4, 0.5) is 30.5 Å². The highest BCUT2D eigenvalue weighted by Crippen LogP contribution is 2.22. The molecule has 0 radical (unpaired) electrons. The molecule has 0 unspecified atom stereocenters. The van der Waals surface area contributed by atoms with Gasteiger partial charge in [-0.1, -0.05) is 11.6 Å². The molecule has 1 heterocycles. The van der Waals surface area contributed by atoms with Crippen molar-refractivity contribution in [1.82, 2.24) is 9.97 Å². The number of nitrogens with one attached hydrogen (secondary N) is 2. The van der Waals surface area contributed by atoms with Crippen LogP contribution >= 0.6 is 11.6 Å². The lowest BCUT2D eigenvalue weighted by Crippen LogP contribution is -2.15. The zero-order valence-corrected chi connectivity index (χ0v) is 14.6. The Labute approximate surface area is 157 Å². The van der Waals surface area contributed by atoms with E-state index in [1.165, 1.54) is 12.4 Å². The summed E-state index contributed by atoms with van der Waals surface area (Å²) in [6.45, 7) is 1.85. The number of carbonyl (C=O) groups is 1. The summed E-state index contributed by atoms with van der Waals surface area (Å²) in [5.74, 6) is -5.03. The van der Waals surface area contributed by atoms with Crippen molar-refractivity contribution in [3.05, 3.63) is 76.3 Å². The second-order valence-corrected chi connectivity index (χ2v) is 5.99. The van der Waals surface area contributed by atoms with Crippen molar-refractivity contribution in [1.29, 1.82) is 0 Å². The molecule has 1 aromatic heterocycles. The lowest BCUT2D eigenvalue weighted by molar-refractivity contribution is 0.102. The fourth-order valence-corrected chi connectivity index (χ4v) is 2.44. The fraction of sp³-hybridized carbons (Fsp3) is 0.0556. The van der Waals surface area contributed by atoms with E-state index in [-0.39, 0.29) is 11.5 Å². The molecule has 0 fully saturated rings. The van der Waals surface area contributed by atoms with E-state index in [0.717, 1.165) is 17.3 Å². The van der Waals surface area contributed by atoms with E-state index in [2.05, 4.69) is 20.6 Å². The zero-order valence-electron chi connectivity index (χ0n) is 13.9. The largest absolute Gasteiger partial charge is 0.324 e. The summed E-state index contributed by atoms with van der Waals surface area (Å²) in [7, 11) is 0. The van der Waals surface area contributed by atoms with E-state index in [0.29, 0.717) is 11.1 Å². The van der Waals surface area contributed by atoms with Gasteiger partial charge in [0.05, 0.1) is 11.3 Å². The van der Waals surface area contributed by atoms with Crippen LogP contribution in [0.2, 0.25) is 5.02 Å². The molecule has 0 bridgehead atoms. The maximum Gasteiger partial charge on any atom is 0.258 e. The highest BCUT2D eigenvalue weighted by Gasteiger charge is 2.16. The van der Waals surface area contributed by atoms with Crippen LogP contribution < -0.4 is 10.6 Å². The topological polar surface area (TPSA) is 66.9 Å². The van der Waals surface area contributed by atoms with Gasteiger partial charge in [-0.15, -0.1) is 0 Å². The van der Waals surface area contributed by atoms with Crippen LogP contribution in [-0.4, -0.2) is 15.9 Å². The number of hydrogen-bond acceptors (Lipinski definition) is 4. The van der Waals surface area contributed by atoms with Gasteiger partial charge in [-0.3, -0.25) is 4.79 Å². The molecule has 138 valence electrons. The fourth-order valence-electron chi connectivity index (χ4n) is 2.21. The molecule has 2 aromatic carbocycles. The molecule has 0 spiro atoms. The molecule has 1 amide bonds. The summed E-state index contributed by atoms with van der Waals surface area (Å²) in [6.07, 6.45) is 2.43. The third-order valence-corrected chi connectivity index (χ3v) is 3.87. The smallest absolute Gasteiger partial charge is 0.258 e. The normalized spacial score (nSPS) is 10.6. The summed E-state index contributed by atoms with van der Waals surface area (Å²) >= 11 is 5.90. The Balaban J connectivity index is 1.73. The Hall–Kier alpha value is -3.13. The van der Waals surface area contributed by atoms with Gasteiger partial charge in [-0.2, -0.15) is 0 Å². The molecular weight excluding hydrogens is 381 g/mol. The molecule has 3 aromatic rings. The van der Waals surface area contributed by atoms with Crippen molar-refractivity contribution in [2.75, 3.05) is 10.6 Å². The predicted octanol–water partition coefficient (Wildman–Crippen LogP) is 4.85. The first-order valence-electron chi connectivity index (χ1n) is 7.65. The van der Waals surface area contributed by atoms with Gasteiger partial charge in [-0.25, -0.2) is 23.1 Å². The monoisotopic (exact) mass is 392 g/mol. The molecule has 0 aliphatic rings. The molecule has 0 aliphatic carbocycles. The number of aryl methyl sites for hydroxylation is 1. The van der Waals surface area contributed by atoms with Crippen LogP contribution in [0.5, 0.6) is 0 Å². The molecule has 3 rings (SSSR count). The van der Waals surface area contributed by atoms with Crippen molar-refractivity contribution >= 4 is 34.8 Å². The molecule has 27 heavy (non-hydrogen) atoms. The number of rotatable bonds is 4. The van der Waals surface area contributed by atoms with Gasteiger partial charge in [0.15, 0.2) is 17.5 Å². The Bertz CT molecular complexity index is 1010. The molecule has 0 aliphatic heterocycles. The Kier molecular flexibility index (Phi) is 5.27. The van der Waals surface area contributed by atoms with Crippen molar-refractivity contribution < 1.29 is 18.0 Å². The van der Waals surface area contributed by atoms with E-state index in [4.69, 9.17) is 11.6 Å². The second-order valence-electron chi connectivity index (χ2n) is 5.56. The Morgan fingerprint density at radius 1 is 1.00 bits per heavy atom. The SMILES string of the molecule is Cc1cc(Cl)ccc1Nc1ncc(C(=O)Nc2ccc(F)c(F)c2F)cn1. The number of aromatic nitrogens is 2. The standard InChI is InChI=1S/C18H12ClF3N4O/c1-9-6-11(19)2-4-13(9)26-18-23-7-10(8-24-18)17(27)25-14-5-3-12(20)15(21)16(14)22/h2-8H,1H3,(H,25,27)(H,23,24,26). The molecule has 2 N–H and O–H groups in total. The summed E-state index contributed by atoms with van der Waals surface area (Å²) in [4.78, 5) is 20.1. The number of amides is 1. The van der Waals surface area contributed by atoms with E-state index >= 15 is 0 Å². The van der Waals surface area contributed by atoms with Crippen LogP contribution in [-0.2, 0) is 0 Å². The number of hydrogen-bond donors (Lipinski definition) is 2. The molecule has 0 atom stereocenters. The number of halogens is 4. The average molecular weight is 393 g/mol. The van der Waals surface area contributed by atoms with E-state index in [1.54, 1.807) is 18.2 Å². The van der Waals surface area contributed by atoms with E-state index < -0.39 is 29.0 Å². The molecule has 5 nitrogen and oxygen atoms in total. The highest BCUT2D eigenvalue weighted by atomic mass is 35.5. The minimum Gasteiger partial charge on any atom is -0.324 e. The third-order valence-electron chi connectivity index (χ3n) is 3.63. The minimum atomic E-state index is -1.66. The first-order chi connectivity index (χ1) is 12.8. The van der Waals surface area contributed by atoms with Gasteiger partial charge in [-0.05, 0) is 42.8 Å². The first kappa shape index (κ1) is 18.7. The maximum atomic E-state index is 13.6. The molecule has 9 heteroatoms. The third kappa shape index (κ3) is 4.17. The number of anilines is 3. The number of carbonyl (C=O) groups excluding carboxylic acids is 1. The van der Waals surface area contributed by atoms with Gasteiger partial charge in [0.2, 0.25) is 5.95 Å². The summed E-state index contributed by atoms with van der Waals surface area (Å²) in [5.41, 5.74) is 1.14. The predicted molar refractivity (Wildman–Crippen MR) is 95.8 cm³/mol. The summed E-state index contributed by atoms with van der Waals surface area (Å²) in [5, 5.41) is 5.71. The van der Waals surface area contributed by atoms with Gasteiger partial charge < -0.3 is 10.6 Å².